The summed E-state index contributed by atoms with van der Waals surface area (Å²) in [7, 11) is 0. The van der Waals surface area contributed by atoms with Crippen LogP contribution < -0.4 is 0 Å². The number of carbonyl (C=O) groups excluding carboxylic acids is 1. The summed E-state index contributed by atoms with van der Waals surface area (Å²) in [6.45, 7) is 8.74. The molecule has 3 rings (SSSR count). The molecule has 0 bridgehead atoms. The first-order valence-corrected chi connectivity index (χ1v) is 7.50. The van der Waals surface area contributed by atoms with Crippen molar-refractivity contribution in [2.45, 2.75) is 52.4 Å². The van der Waals surface area contributed by atoms with Gasteiger partial charge in [0.15, 0.2) is 5.78 Å². The summed E-state index contributed by atoms with van der Waals surface area (Å²) < 4.78 is 0. The number of rotatable bonds is 0. The van der Waals surface area contributed by atoms with Gasteiger partial charge in [-0.15, -0.1) is 0 Å². The van der Waals surface area contributed by atoms with Gasteiger partial charge >= 0.3 is 0 Å². The molecule has 1 aromatic rings. The van der Waals surface area contributed by atoms with Gasteiger partial charge in [-0.1, -0.05) is 50.9 Å². The van der Waals surface area contributed by atoms with E-state index >= 15 is 0 Å². The molecular formula is C17H21ClO. The maximum absolute atomic E-state index is 12.9. The summed E-state index contributed by atoms with van der Waals surface area (Å²) in [5, 5.41) is 0.813. The molecule has 2 aliphatic rings. The molecule has 0 spiro atoms. The molecule has 0 unspecified atom stereocenters. The number of hydrogen-bond acceptors (Lipinski definition) is 1. The number of ketones is 1. The molecule has 2 aliphatic carbocycles. The molecular weight excluding hydrogens is 256 g/mol. The van der Waals surface area contributed by atoms with Gasteiger partial charge in [0, 0.05) is 21.9 Å². The van der Waals surface area contributed by atoms with Crippen molar-refractivity contribution in [3.63, 3.8) is 0 Å². The van der Waals surface area contributed by atoms with Crippen molar-refractivity contribution in [3.05, 3.63) is 33.8 Å². The number of Topliss-reactive ketones (excluding diaryl/α,β-unsaturated/α-hetero) is 1. The van der Waals surface area contributed by atoms with Gasteiger partial charge in [0.1, 0.15) is 0 Å². The van der Waals surface area contributed by atoms with Crippen LogP contribution in [-0.4, -0.2) is 5.78 Å². The summed E-state index contributed by atoms with van der Waals surface area (Å²) in [6.07, 6.45) is 3.38. The molecule has 0 N–H and O–H groups in total. The highest BCUT2D eigenvalue weighted by Gasteiger charge is 2.57. The average Bonchev–Trinajstić information content (AvgIpc) is 2.53. The quantitative estimate of drug-likeness (QED) is 0.657. The fourth-order valence-electron chi connectivity index (χ4n) is 4.58. The van der Waals surface area contributed by atoms with Crippen LogP contribution in [0.3, 0.4) is 0 Å². The largest absolute Gasteiger partial charge is 0.294 e. The first kappa shape index (κ1) is 13.2. The summed E-state index contributed by atoms with van der Waals surface area (Å²) in [6, 6.07) is 3.96. The Labute approximate surface area is 120 Å². The highest BCUT2D eigenvalue weighted by molar-refractivity contribution is 6.33. The second-order valence-corrected chi connectivity index (χ2v) is 7.55. The molecule has 102 valence electrons. The van der Waals surface area contributed by atoms with E-state index in [2.05, 4.69) is 20.8 Å². The van der Waals surface area contributed by atoms with E-state index in [1.165, 1.54) is 6.42 Å². The minimum Gasteiger partial charge on any atom is -0.294 e. The van der Waals surface area contributed by atoms with Crippen molar-refractivity contribution in [2.24, 2.45) is 11.3 Å². The first-order chi connectivity index (χ1) is 8.79. The lowest BCUT2D eigenvalue weighted by Gasteiger charge is -2.46. The summed E-state index contributed by atoms with van der Waals surface area (Å²) in [4.78, 5) is 12.9. The van der Waals surface area contributed by atoms with E-state index in [9.17, 15) is 4.79 Å². The number of fused-ring (bicyclic) bond motifs is 3. The number of benzene rings is 1. The van der Waals surface area contributed by atoms with Crippen molar-refractivity contribution in [1.82, 2.24) is 0 Å². The van der Waals surface area contributed by atoms with E-state index in [-0.39, 0.29) is 16.7 Å². The molecule has 1 aromatic carbocycles. The van der Waals surface area contributed by atoms with E-state index < -0.39 is 0 Å². The van der Waals surface area contributed by atoms with Crippen molar-refractivity contribution < 1.29 is 4.79 Å². The number of halogens is 1. The van der Waals surface area contributed by atoms with Crippen LogP contribution >= 0.6 is 11.6 Å². The van der Waals surface area contributed by atoms with Crippen LogP contribution in [0, 0.1) is 18.3 Å². The zero-order valence-electron chi connectivity index (χ0n) is 12.1. The Morgan fingerprint density at radius 1 is 1.21 bits per heavy atom. The monoisotopic (exact) mass is 276 g/mol. The van der Waals surface area contributed by atoms with Crippen LogP contribution in [-0.2, 0) is 5.41 Å². The lowest BCUT2D eigenvalue weighted by atomic mass is 9.56. The Hall–Kier alpha value is -0.820. The predicted molar refractivity (Wildman–Crippen MR) is 79.0 cm³/mol. The smallest absolute Gasteiger partial charge is 0.167 e. The third kappa shape index (κ3) is 1.57. The molecule has 0 aromatic heterocycles. The highest BCUT2D eigenvalue weighted by atomic mass is 35.5. The number of aryl methyl sites for hydroxylation is 1. The molecule has 0 amide bonds. The maximum atomic E-state index is 12.9. The van der Waals surface area contributed by atoms with Gasteiger partial charge in [0.2, 0.25) is 0 Å². The zero-order chi connectivity index (χ0) is 14.0. The molecule has 2 atom stereocenters. The second-order valence-electron chi connectivity index (χ2n) is 7.18. The van der Waals surface area contributed by atoms with Gasteiger partial charge < -0.3 is 0 Å². The predicted octanol–water partition coefficient (Wildman–Crippen LogP) is 4.93. The van der Waals surface area contributed by atoms with Crippen LogP contribution in [0.25, 0.3) is 0 Å². The summed E-state index contributed by atoms with van der Waals surface area (Å²) in [5.41, 5.74) is 3.07. The van der Waals surface area contributed by atoms with Gasteiger partial charge in [0.05, 0.1) is 0 Å². The first-order valence-electron chi connectivity index (χ1n) is 7.13. The van der Waals surface area contributed by atoms with Gasteiger partial charge in [0.25, 0.3) is 0 Å². The van der Waals surface area contributed by atoms with E-state index in [1.54, 1.807) is 0 Å². The second kappa shape index (κ2) is 3.85. The molecule has 0 aliphatic heterocycles. The van der Waals surface area contributed by atoms with E-state index in [0.717, 1.165) is 34.6 Å². The Morgan fingerprint density at radius 2 is 1.89 bits per heavy atom. The minimum atomic E-state index is -0.0722. The fraction of sp³-hybridized carbons (Fsp3) is 0.588. The van der Waals surface area contributed by atoms with Crippen molar-refractivity contribution in [2.75, 3.05) is 0 Å². The zero-order valence-corrected chi connectivity index (χ0v) is 12.9. The molecule has 19 heavy (non-hydrogen) atoms. The Morgan fingerprint density at radius 3 is 2.58 bits per heavy atom. The molecule has 0 radical (unpaired) electrons. The standard InChI is InChI=1S/C17H21ClO/c1-10-6-7-11-12(13(10)18)17(4)9-5-8-16(2,3)15(17)14(11)19/h6-7,15H,5,8-9H2,1-4H3/t15-,17-/m0/s1. The summed E-state index contributed by atoms with van der Waals surface area (Å²) >= 11 is 6.55. The lowest BCUT2D eigenvalue weighted by Crippen LogP contribution is -2.44. The van der Waals surface area contributed by atoms with Crippen molar-refractivity contribution >= 4 is 17.4 Å². The topological polar surface area (TPSA) is 17.1 Å². The van der Waals surface area contributed by atoms with Crippen LogP contribution in [0.15, 0.2) is 12.1 Å². The fourth-order valence-corrected chi connectivity index (χ4v) is 4.96. The van der Waals surface area contributed by atoms with Crippen molar-refractivity contribution in [1.29, 1.82) is 0 Å². The van der Waals surface area contributed by atoms with Crippen LogP contribution in [0.2, 0.25) is 5.02 Å². The SMILES string of the molecule is Cc1ccc2c(c1Cl)[C@]1(C)CCCC(C)(C)[C@@H]1C2=O. The number of carbonyl (C=O) groups is 1. The average molecular weight is 277 g/mol. The summed E-state index contributed by atoms with van der Waals surface area (Å²) in [5.74, 6) is 0.396. The molecule has 1 saturated carbocycles. The third-order valence-electron chi connectivity index (χ3n) is 5.37. The molecule has 2 heteroatoms. The Kier molecular flexibility index (Phi) is 2.67. The normalized spacial score (nSPS) is 32.1. The van der Waals surface area contributed by atoms with Crippen LogP contribution in [0.4, 0.5) is 0 Å². The highest BCUT2D eigenvalue weighted by Crippen LogP contribution is 2.59. The molecule has 0 heterocycles. The Bertz CT molecular complexity index is 573. The van der Waals surface area contributed by atoms with E-state index in [0.29, 0.717) is 5.78 Å². The van der Waals surface area contributed by atoms with E-state index in [1.807, 2.05) is 19.1 Å². The van der Waals surface area contributed by atoms with Crippen LogP contribution in [0.5, 0.6) is 0 Å². The van der Waals surface area contributed by atoms with Gasteiger partial charge in [-0.05, 0) is 36.3 Å². The van der Waals surface area contributed by atoms with E-state index in [4.69, 9.17) is 11.6 Å². The van der Waals surface area contributed by atoms with Gasteiger partial charge in [-0.25, -0.2) is 0 Å². The molecule has 1 nitrogen and oxygen atoms in total. The van der Waals surface area contributed by atoms with Crippen molar-refractivity contribution in [3.8, 4) is 0 Å². The molecule has 0 saturated heterocycles. The number of hydrogen-bond donors (Lipinski definition) is 0. The Balaban J connectivity index is 2.29. The van der Waals surface area contributed by atoms with Crippen LogP contribution in [0.1, 0.15) is 61.5 Å². The maximum Gasteiger partial charge on any atom is 0.167 e. The third-order valence-corrected chi connectivity index (χ3v) is 5.86. The van der Waals surface area contributed by atoms with Gasteiger partial charge in [-0.2, -0.15) is 0 Å². The molecule has 1 fully saturated rings. The lowest BCUT2D eigenvalue weighted by molar-refractivity contribution is 0.0500. The minimum absolute atomic E-state index is 0.0698. The van der Waals surface area contributed by atoms with Gasteiger partial charge in [-0.3, -0.25) is 4.79 Å².